The van der Waals surface area contributed by atoms with Crippen LogP contribution in [-0.2, 0) is 4.79 Å². The van der Waals surface area contributed by atoms with E-state index in [4.69, 9.17) is 11.6 Å². The minimum atomic E-state index is -0.183. The predicted molar refractivity (Wildman–Crippen MR) is 75.4 cm³/mol. The van der Waals surface area contributed by atoms with Gasteiger partial charge < -0.3 is 5.32 Å². The van der Waals surface area contributed by atoms with Gasteiger partial charge in [0.15, 0.2) is 0 Å². The van der Waals surface area contributed by atoms with Crippen molar-refractivity contribution in [2.75, 3.05) is 11.2 Å². The molecule has 0 saturated carbocycles. The molecule has 82 valence electrons. The second-order valence-corrected chi connectivity index (χ2v) is 5.58. The number of alkyl halides is 1. The SMILES string of the molecule is CC(CCl)C(=O)Nc1ccc(I)cc1Br. The molecule has 1 atom stereocenters. The van der Waals surface area contributed by atoms with Gasteiger partial charge in [0.2, 0.25) is 5.91 Å². The summed E-state index contributed by atoms with van der Waals surface area (Å²) in [7, 11) is 0. The van der Waals surface area contributed by atoms with E-state index >= 15 is 0 Å². The average Bonchev–Trinajstić information content (AvgIpc) is 2.20. The zero-order valence-corrected chi connectivity index (χ0v) is 12.6. The molecular weight excluding hydrogens is 392 g/mol. The molecule has 0 spiro atoms. The quantitative estimate of drug-likeness (QED) is 0.604. The van der Waals surface area contributed by atoms with Crippen LogP contribution < -0.4 is 5.32 Å². The van der Waals surface area contributed by atoms with Gasteiger partial charge in [-0.2, -0.15) is 0 Å². The van der Waals surface area contributed by atoms with Crippen molar-refractivity contribution < 1.29 is 4.79 Å². The Bertz CT molecular complexity index is 372. The number of carbonyl (C=O) groups is 1. The molecule has 0 radical (unpaired) electrons. The second-order valence-electron chi connectivity index (χ2n) is 3.17. The van der Waals surface area contributed by atoms with Crippen molar-refractivity contribution in [1.82, 2.24) is 0 Å². The lowest BCUT2D eigenvalue weighted by Gasteiger charge is -2.10. The largest absolute Gasteiger partial charge is 0.325 e. The fourth-order valence-electron chi connectivity index (χ4n) is 0.917. The molecule has 0 saturated heterocycles. The zero-order chi connectivity index (χ0) is 11.4. The third-order valence-corrected chi connectivity index (χ3v) is 3.66. The van der Waals surface area contributed by atoms with Crippen LogP contribution in [0.25, 0.3) is 0 Å². The van der Waals surface area contributed by atoms with Crippen LogP contribution in [0.1, 0.15) is 6.92 Å². The highest BCUT2D eigenvalue weighted by Gasteiger charge is 2.12. The lowest BCUT2D eigenvalue weighted by atomic mass is 10.2. The van der Waals surface area contributed by atoms with E-state index < -0.39 is 0 Å². The van der Waals surface area contributed by atoms with Crippen LogP contribution in [0.2, 0.25) is 0 Å². The van der Waals surface area contributed by atoms with Crippen molar-refractivity contribution in [3.8, 4) is 0 Å². The fourth-order valence-corrected chi connectivity index (χ4v) is 2.45. The number of nitrogens with one attached hydrogen (secondary N) is 1. The fraction of sp³-hybridized carbons (Fsp3) is 0.300. The minimum Gasteiger partial charge on any atom is -0.325 e. The summed E-state index contributed by atoms with van der Waals surface area (Å²) < 4.78 is 1.99. The highest BCUT2D eigenvalue weighted by Crippen LogP contribution is 2.24. The molecule has 1 aromatic rings. The first-order chi connectivity index (χ1) is 7.04. The van der Waals surface area contributed by atoms with Gasteiger partial charge >= 0.3 is 0 Å². The molecule has 5 heteroatoms. The summed E-state index contributed by atoms with van der Waals surface area (Å²) in [6, 6.07) is 5.75. The van der Waals surface area contributed by atoms with Gasteiger partial charge in [-0.05, 0) is 56.7 Å². The summed E-state index contributed by atoms with van der Waals surface area (Å²) in [4.78, 5) is 11.6. The topological polar surface area (TPSA) is 29.1 Å². The Labute approximate surface area is 116 Å². The van der Waals surface area contributed by atoms with Gasteiger partial charge in [0.25, 0.3) is 0 Å². The summed E-state index contributed by atoms with van der Waals surface area (Å²) in [5.74, 6) is 0.0816. The first kappa shape index (κ1) is 13.3. The van der Waals surface area contributed by atoms with Crippen LogP contribution in [0.4, 0.5) is 5.69 Å². The van der Waals surface area contributed by atoms with Crippen LogP contribution in [-0.4, -0.2) is 11.8 Å². The first-order valence-corrected chi connectivity index (χ1v) is 6.77. The van der Waals surface area contributed by atoms with Crippen molar-refractivity contribution in [1.29, 1.82) is 0 Å². The molecule has 0 aliphatic heterocycles. The summed E-state index contributed by atoms with van der Waals surface area (Å²) in [5.41, 5.74) is 0.775. The van der Waals surface area contributed by atoms with Crippen molar-refractivity contribution in [2.45, 2.75) is 6.92 Å². The zero-order valence-electron chi connectivity index (χ0n) is 8.06. The van der Waals surface area contributed by atoms with E-state index in [1.165, 1.54) is 0 Å². The van der Waals surface area contributed by atoms with E-state index in [9.17, 15) is 4.79 Å². The van der Waals surface area contributed by atoms with Crippen LogP contribution in [0.3, 0.4) is 0 Å². The van der Waals surface area contributed by atoms with E-state index in [2.05, 4.69) is 43.8 Å². The third kappa shape index (κ3) is 3.92. The third-order valence-electron chi connectivity index (χ3n) is 1.87. The molecule has 0 bridgehead atoms. The van der Waals surface area contributed by atoms with Gasteiger partial charge in [0, 0.05) is 19.8 Å². The number of anilines is 1. The Morgan fingerprint density at radius 3 is 2.87 bits per heavy atom. The van der Waals surface area contributed by atoms with Crippen molar-refractivity contribution in [3.05, 3.63) is 26.2 Å². The highest BCUT2D eigenvalue weighted by atomic mass is 127. The molecule has 2 nitrogen and oxygen atoms in total. The van der Waals surface area contributed by atoms with Gasteiger partial charge in [0.05, 0.1) is 5.69 Å². The molecule has 0 aromatic heterocycles. The number of carbonyl (C=O) groups excluding carboxylic acids is 1. The standard InChI is InChI=1S/C10H10BrClINO/c1-6(5-12)10(15)14-9-3-2-7(13)4-8(9)11/h2-4,6H,5H2,1H3,(H,14,15). The maximum absolute atomic E-state index is 11.6. The summed E-state index contributed by atoms with van der Waals surface area (Å²) in [5, 5.41) is 2.81. The molecule has 0 aliphatic rings. The maximum Gasteiger partial charge on any atom is 0.228 e. The van der Waals surface area contributed by atoms with Crippen molar-refractivity contribution >= 4 is 61.7 Å². The molecule has 1 rings (SSSR count). The minimum absolute atomic E-state index is 0.0630. The van der Waals surface area contributed by atoms with Crippen molar-refractivity contribution in [2.24, 2.45) is 5.92 Å². The normalized spacial score (nSPS) is 12.3. The molecule has 1 amide bonds. The number of amides is 1. The van der Waals surface area contributed by atoms with E-state index in [-0.39, 0.29) is 11.8 Å². The number of rotatable bonds is 3. The average molecular weight is 402 g/mol. The molecule has 15 heavy (non-hydrogen) atoms. The molecule has 0 heterocycles. The van der Waals surface area contributed by atoms with E-state index in [1.807, 2.05) is 18.2 Å². The Kier molecular flexibility index (Phi) is 5.35. The molecule has 1 N–H and O–H groups in total. The Morgan fingerprint density at radius 2 is 2.33 bits per heavy atom. The summed E-state index contributed by atoms with van der Waals surface area (Å²) in [6.07, 6.45) is 0. The lowest BCUT2D eigenvalue weighted by Crippen LogP contribution is -2.21. The van der Waals surface area contributed by atoms with E-state index in [1.54, 1.807) is 6.92 Å². The lowest BCUT2D eigenvalue weighted by molar-refractivity contribution is -0.118. The predicted octanol–water partition coefficient (Wildman–Crippen LogP) is 3.87. The van der Waals surface area contributed by atoms with E-state index in [0.717, 1.165) is 13.7 Å². The van der Waals surface area contributed by atoms with Crippen LogP contribution in [0, 0.1) is 9.49 Å². The van der Waals surface area contributed by atoms with Gasteiger partial charge in [-0.25, -0.2) is 0 Å². The van der Waals surface area contributed by atoms with Crippen LogP contribution in [0.5, 0.6) is 0 Å². The number of hydrogen-bond donors (Lipinski definition) is 1. The van der Waals surface area contributed by atoms with Crippen molar-refractivity contribution in [3.63, 3.8) is 0 Å². The maximum atomic E-state index is 11.6. The molecule has 0 aliphatic carbocycles. The van der Waals surface area contributed by atoms with Gasteiger partial charge in [0.1, 0.15) is 0 Å². The monoisotopic (exact) mass is 401 g/mol. The summed E-state index contributed by atoms with van der Waals surface area (Å²) in [6.45, 7) is 1.79. The summed E-state index contributed by atoms with van der Waals surface area (Å²) >= 11 is 11.2. The van der Waals surface area contributed by atoms with E-state index in [0.29, 0.717) is 5.88 Å². The molecule has 1 unspecified atom stereocenters. The Hall–Kier alpha value is 0.190. The Balaban J connectivity index is 2.77. The smallest absolute Gasteiger partial charge is 0.228 e. The van der Waals surface area contributed by atoms with Gasteiger partial charge in [-0.3, -0.25) is 4.79 Å². The van der Waals surface area contributed by atoms with Crippen LogP contribution in [0.15, 0.2) is 22.7 Å². The molecular formula is C10H10BrClINO. The number of halogens is 3. The Morgan fingerprint density at radius 1 is 1.67 bits per heavy atom. The number of benzene rings is 1. The highest BCUT2D eigenvalue weighted by molar-refractivity contribution is 14.1. The first-order valence-electron chi connectivity index (χ1n) is 4.36. The molecule has 0 fully saturated rings. The second kappa shape index (κ2) is 6.06. The molecule has 1 aromatic carbocycles. The van der Waals surface area contributed by atoms with Gasteiger partial charge in [-0.1, -0.05) is 6.92 Å². The number of hydrogen-bond acceptors (Lipinski definition) is 1. The van der Waals surface area contributed by atoms with Crippen LogP contribution >= 0.6 is 50.1 Å². The van der Waals surface area contributed by atoms with Gasteiger partial charge in [-0.15, -0.1) is 11.6 Å².